The van der Waals surface area contributed by atoms with E-state index in [4.69, 9.17) is 4.74 Å². The summed E-state index contributed by atoms with van der Waals surface area (Å²) in [5, 5.41) is 8.17. The van der Waals surface area contributed by atoms with Crippen molar-refractivity contribution < 1.29 is 23.9 Å². The quantitative estimate of drug-likeness (QED) is 0.165. The molecule has 3 amide bonds. The summed E-state index contributed by atoms with van der Waals surface area (Å²) in [5.41, 5.74) is 1.62. The van der Waals surface area contributed by atoms with Crippen molar-refractivity contribution in [3.05, 3.63) is 63.6 Å². The summed E-state index contributed by atoms with van der Waals surface area (Å²) in [7, 11) is 3.69. The van der Waals surface area contributed by atoms with Gasteiger partial charge in [-0.05, 0) is 70.0 Å². The van der Waals surface area contributed by atoms with E-state index in [2.05, 4.69) is 32.4 Å². The minimum absolute atomic E-state index is 0.00452. The van der Waals surface area contributed by atoms with Crippen molar-refractivity contribution in [2.45, 2.75) is 97.8 Å². The van der Waals surface area contributed by atoms with Crippen LogP contribution in [0.4, 0.5) is 0 Å². The average Bonchev–Trinajstić information content (AvgIpc) is 3.56. The zero-order valence-electron chi connectivity index (χ0n) is 30.2. The lowest BCUT2D eigenvalue weighted by Gasteiger charge is -2.36. The van der Waals surface area contributed by atoms with Gasteiger partial charge in [0.05, 0.1) is 24.7 Å². The number of amides is 3. The van der Waals surface area contributed by atoms with Crippen molar-refractivity contribution in [1.82, 2.24) is 25.4 Å². The molecule has 266 valence electrons. The number of nitrogens with one attached hydrogen (secondary N) is 2. The summed E-state index contributed by atoms with van der Waals surface area (Å²) in [6.07, 6.45) is 5.77. The van der Waals surface area contributed by atoms with Crippen LogP contribution in [0.5, 0.6) is 0 Å². The number of aromatic nitrogens is 1. The van der Waals surface area contributed by atoms with Gasteiger partial charge in [-0.1, -0.05) is 82.9 Å². The van der Waals surface area contributed by atoms with Crippen LogP contribution in [-0.2, 0) is 25.5 Å². The Bertz CT molecular complexity index is 1510. The Labute approximate surface area is 296 Å². The predicted octanol–water partition coefficient (Wildman–Crippen LogP) is 4.84. The van der Waals surface area contributed by atoms with Crippen LogP contribution >= 0.6 is 11.3 Å². The molecule has 1 fully saturated rings. The van der Waals surface area contributed by atoms with Crippen molar-refractivity contribution in [3.63, 3.8) is 0 Å². The van der Waals surface area contributed by atoms with Gasteiger partial charge in [0.25, 0.3) is 5.91 Å². The van der Waals surface area contributed by atoms with Crippen LogP contribution in [0.1, 0.15) is 88.3 Å². The van der Waals surface area contributed by atoms with E-state index in [9.17, 15) is 19.2 Å². The molecule has 10 nitrogen and oxygen atoms in total. The third-order valence-corrected chi connectivity index (χ3v) is 9.73. The maximum absolute atomic E-state index is 13.9. The van der Waals surface area contributed by atoms with Gasteiger partial charge in [0, 0.05) is 18.0 Å². The molecule has 0 radical (unpaired) electrons. The van der Waals surface area contributed by atoms with E-state index in [1.54, 1.807) is 37.3 Å². The van der Waals surface area contributed by atoms with Crippen LogP contribution in [0.3, 0.4) is 0 Å². The van der Waals surface area contributed by atoms with Crippen molar-refractivity contribution in [1.29, 1.82) is 0 Å². The minimum atomic E-state index is -0.665. The fraction of sp³-hybridized carbons (Fsp3) is 0.553. The molecular weight excluding hydrogens is 639 g/mol. The smallest absolute Gasteiger partial charge is 0.333 e. The van der Waals surface area contributed by atoms with E-state index in [1.165, 1.54) is 11.3 Å². The van der Waals surface area contributed by atoms with E-state index in [0.717, 1.165) is 37.8 Å². The molecule has 2 N–H and O–H groups in total. The lowest BCUT2D eigenvalue weighted by Crippen LogP contribution is -2.57. The monoisotopic (exact) mass is 691 g/mol. The number of carbonyl (C=O) groups excluding carboxylic acids is 4. The van der Waals surface area contributed by atoms with Crippen LogP contribution in [0, 0.1) is 23.7 Å². The molecule has 2 heterocycles. The SMILES string of the molecule is CCOC(=O)/C(C)=C/[C@H](Cc1ccccc1)NC(=O)c1csc(C#C[C@H](C(C)C)N(C)C(=O)[C@@H](NC(=O)[C@H]2CCCCN2C)[C@@H](C)CC)n1. The Morgan fingerprint density at radius 1 is 1.12 bits per heavy atom. The average molecular weight is 692 g/mol. The topological polar surface area (TPSA) is 121 Å². The van der Waals surface area contributed by atoms with E-state index < -0.39 is 24.1 Å². The molecule has 49 heavy (non-hydrogen) atoms. The first-order valence-corrected chi connectivity index (χ1v) is 18.2. The number of likely N-dealkylation sites (N-methyl/N-ethyl adjacent to an activating group) is 2. The van der Waals surface area contributed by atoms with Gasteiger partial charge in [0.15, 0.2) is 5.01 Å². The van der Waals surface area contributed by atoms with Crippen LogP contribution in [0.25, 0.3) is 0 Å². The Kier molecular flexibility index (Phi) is 15.5. The lowest BCUT2D eigenvalue weighted by atomic mass is 9.94. The number of likely N-dealkylation sites (tertiary alicyclic amines) is 1. The number of carbonyl (C=O) groups is 4. The second kappa shape index (κ2) is 19.2. The molecule has 2 aromatic rings. The van der Waals surface area contributed by atoms with Crippen molar-refractivity contribution in [2.75, 3.05) is 27.2 Å². The van der Waals surface area contributed by atoms with Gasteiger partial charge >= 0.3 is 5.97 Å². The number of piperidine rings is 1. The molecule has 1 aliphatic rings. The van der Waals surface area contributed by atoms with Gasteiger partial charge < -0.3 is 20.3 Å². The summed E-state index contributed by atoms with van der Waals surface area (Å²) in [4.78, 5) is 61.0. The maximum Gasteiger partial charge on any atom is 0.333 e. The summed E-state index contributed by atoms with van der Waals surface area (Å²) < 4.78 is 5.13. The molecule has 0 saturated carbocycles. The normalized spacial score (nSPS) is 17.6. The fourth-order valence-corrected chi connectivity index (χ4v) is 6.51. The third-order valence-electron chi connectivity index (χ3n) is 8.97. The minimum Gasteiger partial charge on any atom is -0.463 e. The number of hydrogen-bond acceptors (Lipinski definition) is 8. The van der Waals surface area contributed by atoms with Gasteiger partial charge in [-0.25, -0.2) is 9.78 Å². The molecular formula is C38H53N5O5S. The lowest BCUT2D eigenvalue weighted by molar-refractivity contribution is -0.140. The van der Waals surface area contributed by atoms with Crippen LogP contribution in [0.15, 0.2) is 47.4 Å². The van der Waals surface area contributed by atoms with E-state index in [-0.39, 0.29) is 47.9 Å². The molecule has 1 saturated heterocycles. The first-order chi connectivity index (χ1) is 23.4. The third kappa shape index (κ3) is 11.5. The number of thiazole rings is 1. The van der Waals surface area contributed by atoms with Gasteiger partial charge in [0.2, 0.25) is 11.8 Å². The van der Waals surface area contributed by atoms with E-state index >= 15 is 0 Å². The molecule has 11 heteroatoms. The summed E-state index contributed by atoms with van der Waals surface area (Å²) in [6, 6.07) is 7.88. The molecule has 3 rings (SSSR count). The Hall–Kier alpha value is -4.01. The van der Waals surface area contributed by atoms with Gasteiger partial charge in [-0.15, -0.1) is 11.3 Å². The molecule has 0 bridgehead atoms. The Morgan fingerprint density at radius 3 is 2.47 bits per heavy atom. The fourth-order valence-electron chi connectivity index (χ4n) is 5.85. The van der Waals surface area contributed by atoms with Gasteiger partial charge in [-0.2, -0.15) is 0 Å². The molecule has 0 unspecified atom stereocenters. The maximum atomic E-state index is 13.9. The first kappa shape index (κ1) is 39.4. The first-order valence-electron chi connectivity index (χ1n) is 17.3. The number of esters is 1. The summed E-state index contributed by atoms with van der Waals surface area (Å²) in [6.45, 7) is 12.5. The molecule has 0 spiro atoms. The highest BCUT2D eigenvalue weighted by Gasteiger charge is 2.35. The highest BCUT2D eigenvalue weighted by Crippen LogP contribution is 2.19. The second-order valence-electron chi connectivity index (χ2n) is 13.1. The van der Waals surface area contributed by atoms with Gasteiger partial charge in [-0.3, -0.25) is 19.3 Å². The van der Waals surface area contributed by atoms with Crippen molar-refractivity contribution in [3.8, 4) is 11.8 Å². The van der Waals surface area contributed by atoms with E-state index in [0.29, 0.717) is 17.0 Å². The standard InChI is InChI=1S/C38H53N5O5S/c1-9-26(5)34(41-36(45)32-18-14-15-21-42(32)7)37(46)43(8)31(25(3)4)19-20-33-40-30(24-49-33)35(44)39-29(22-27(6)38(47)48-10-2)23-28-16-12-11-13-17-28/h11-13,16-17,22,24-26,29,31-32,34H,9-10,14-15,18,21,23H2,1-8H3,(H,39,44)(H,41,45)/b27-22+/t26-,29+,31+,32+,34-/m0/s1. The van der Waals surface area contributed by atoms with Crippen LogP contribution in [0.2, 0.25) is 0 Å². The largest absolute Gasteiger partial charge is 0.463 e. The Balaban J connectivity index is 1.76. The van der Waals surface area contributed by atoms with Gasteiger partial charge in [0.1, 0.15) is 11.7 Å². The zero-order chi connectivity index (χ0) is 36.1. The van der Waals surface area contributed by atoms with E-state index in [1.807, 2.05) is 65.1 Å². The summed E-state index contributed by atoms with van der Waals surface area (Å²) >= 11 is 1.25. The van der Waals surface area contributed by atoms with Crippen molar-refractivity contribution >= 4 is 35.0 Å². The Morgan fingerprint density at radius 2 is 1.84 bits per heavy atom. The number of benzene rings is 1. The molecule has 1 aliphatic heterocycles. The molecule has 1 aromatic carbocycles. The van der Waals surface area contributed by atoms with Crippen LogP contribution < -0.4 is 10.6 Å². The molecule has 0 aliphatic carbocycles. The predicted molar refractivity (Wildman–Crippen MR) is 194 cm³/mol. The number of rotatable bonds is 14. The zero-order valence-corrected chi connectivity index (χ0v) is 31.1. The van der Waals surface area contributed by atoms with Crippen LogP contribution in [-0.4, -0.2) is 89.9 Å². The highest BCUT2D eigenvalue weighted by atomic mass is 32.1. The summed E-state index contributed by atoms with van der Waals surface area (Å²) in [5.74, 6) is 5.14. The highest BCUT2D eigenvalue weighted by molar-refractivity contribution is 7.10. The van der Waals surface area contributed by atoms with Crippen molar-refractivity contribution in [2.24, 2.45) is 11.8 Å². The molecule has 1 aromatic heterocycles. The number of nitrogens with zero attached hydrogens (tertiary/aromatic N) is 3. The number of hydrogen-bond donors (Lipinski definition) is 2. The molecule has 5 atom stereocenters. The number of ether oxygens (including phenoxy) is 1. The second-order valence-corrected chi connectivity index (χ2v) is 14.0.